The first-order valence-corrected chi connectivity index (χ1v) is 10.5. The fraction of sp³-hybridized carbons (Fsp3) is 0.500. The number of aromatic nitrogens is 1. The van der Waals surface area contributed by atoms with Crippen molar-refractivity contribution in [3.63, 3.8) is 0 Å². The van der Waals surface area contributed by atoms with Crippen molar-refractivity contribution >= 4 is 5.91 Å². The summed E-state index contributed by atoms with van der Waals surface area (Å²) in [5.41, 5.74) is 2.09. The van der Waals surface area contributed by atoms with E-state index in [1.165, 1.54) is 12.8 Å². The molecule has 1 aliphatic rings. The van der Waals surface area contributed by atoms with E-state index in [1.807, 2.05) is 36.5 Å². The molecule has 156 valence electrons. The molecule has 1 aromatic carbocycles. The lowest BCUT2D eigenvalue weighted by Gasteiger charge is -2.37. The first kappa shape index (κ1) is 21.3. The molecular weight excluding hydrogens is 362 g/mol. The third kappa shape index (κ3) is 5.80. The summed E-state index contributed by atoms with van der Waals surface area (Å²) in [4.78, 5) is 19.3. The quantitative estimate of drug-likeness (QED) is 0.737. The van der Waals surface area contributed by atoms with Crippen molar-refractivity contribution in [3.05, 3.63) is 59.9 Å². The molecule has 0 spiro atoms. The Kier molecular flexibility index (Phi) is 7.64. The molecule has 5 heteroatoms. The van der Waals surface area contributed by atoms with Crippen molar-refractivity contribution in [2.24, 2.45) is 11.8 Å². The Morgan fingerprint density at radius 2 is 1.86 bits per heavy atom. The lowest BCUT2D eigenvalue weighted by atomic mass is 9.77. The van der Waals surface area contributed by atoms with Gasteiger partial charge in [-0.25, -0.2) is 0 Å². The average Bonchev–Trinajstić information content (AvgIpc) is 2.74. The number of carbonyl (C=O) groups excluding carboxylic acids is 1. The third-order valence-corrected chi connectivity index (χ3v) is 6.02. The first-order valence-electron chi connectivity index (χ1n) is 10.5. The second-order valence-electron chi connectivity index (χ2n) is 8.24. The fourth-order valence-corrected chi connectivity index (χ4v) is 4.53. The molecule has 3 rings (SSSR count). The van der Waals surface area contributed by atoms with E-state index in [0.29, 0.717) is 24.3 Å². The predicted octanol–water partition coefficient (Wildman–Crippen LogP) is 3.86. The van der Waals surface area contributed by atoms with Crippen LogP contribution in [0.15, 0.2) is 48.7 Å². The molecule has 1 aliphatic carbocycles. The molecule has 1 amide bonds. The van der Waals surface area contributed by atoms with E-state index >= 15 is 0 Å². The summed E-state index contributed by atoms with van der Waals surface area (Å²) in [7, 11) is 5.92. The molecule has 1 atom stereocenters. The monoisotopic (exact) mass is 395 g/mol. The summed E-state index contributed by atoms with van der Waals surface area (Å²) in [6.07, 6.45) is 6.89. The molecule has 1 N–H and O–H groups in total. The van der Waals surface area contributed by atoms with E-state index in [4.69, 9.17) is 4.74 Å². The molecule has 1 heterocycles. The van der Waals surface area contributed by atoms with Crippen LogP contribution in [0.5, 0.6) is 5.75 Å². The second-order valence-corrected chi connectivity index (χ2v) is 8.24. The lowest BCUT2D eigenvalue weighted by molar-refractivity contribution is -0.120. The van der Waals surface area contributed by atoms with E-state index in [1.54, 1.807) is 7.11 Å². The number of methoxy groups -OCH3 is 1. The van der Waals surface area contributed by atoms with Gasteiger partial charge in [0.1, 0.15) is 5.75 Å². The van der Waals surface area contributed by atoms with Gasteiger partial charge in [0, 0.05) is 18.3 Å². The van der Waals surface area contributed by atoms with Gasteiger partial charge in [0.05, 0.1) is 25.3 Å². The summed E-state index contributed by atoms with van der Waals surface area (Å²) >= 11 is 0. The number of rotatable bonds is 8. The number of benzene rings is 1. The van der Waals surface area contributed by atoms with Gasteiger partial charge in [-0.15, -0.1) is 0 Å². The minimum atomic E-state index is 0.0660. The van der Waals surface area contributed by atoms with E-state index in [-0.39, 0.29) is 5.91 Å². The van der Waals surface area contributed by atoms with Gasteiger partial charge < -0.3 is 15.0 Å². The van der Waals surface area contributed by atoms with Crippen LogP contribution in [-0.4, -0.2) is 43.5 Å². The SMILES string of the molecule is COc1ccccc1CC(=O)NCC1CCC(C(c2ccccn2)N(C)C)CC1. The summed E-state index contributed by atoms with van der Waals surface area (Å²) in [6, 6.07) is 14.2. The standard InChI is InChI=1S/C24H33N3O2/c1-27(2)24(21-9-6-7-15-25-21)19-13-11-18(12-14-19)17-26-23(28)16-20-8-4-5-10-22(20)29-3/h4-10,15,18-19,24H,11-14,16-17H2,1-3H3,(H,26,28). The van der Waals surface area contributed by atoms with Crippen LogP contribution in [0.4, 0.5) is 0 Å². The molecule has 1 aromatic heterocycles. The number of para-hydroxylation sites is 1. The van der Waals surface area contributed by atoms with E-state index in [9.17, 15) is 4.79 Å². The maximum absolute atomic E-state index is 12.4. The minimum absolute atomic E-state index is 0.0660. The van der Waals surface area contributed by atoms with Gasteiger partial charge >= 0.3 is 0 Å². The van der Waals surface area contributed by atoms with Crippen LogP contribution in [0.25, 0.3) is 0 Å². The number of amides is 1. The topological polar surface area (TPSA) is 54.5 Å². The molecule has 29 heavy (non-hydrogen) atoms. The predicted molar refractivity (Wildman–Crippen MR) is 116 cm³/mol. The van der Waals surface area contributed by atoms with Gasteiger partial charge in [-0.3, -0.25) is 9.78 Å². The molecule has 0 saturated heterocycles. The van der Waals surface area contributed by atoms with Gasteiger partial charge in [0.25, 0.3) is 0 Å². The van der Waals surface area contributed by atoms with Gasteiger partial charge in [0.15, 0.2) is 0 Å². The maximum atomic E-state index is 12.4. The van der Waals surface area contributed by atoms with Gasteiger partial charge in [-0.05, 0) is 69.8 Å². The smallest absolute Gasteiger partial charge is 0.224 e. The molecule has 0 aliphatic heterocycles. The summed E-state index contributed by atoms with van der Waals surface area (Å²) in [5.74, 6) is 2.00. The number of ether oxygens (including phenoxy) is 1. The molecule has 0 radical (unpaired) electrons. The second kappa shape index (κ2) is 10.4. The molecular formula is C24H33N3O2. The lowest BCUT2D eigenvalue weighted by Crippen LogP contribution is -2.35. The van der Waals surface area contributed by atoms with Crippen molar-refractivity contribution in [2.75, 3.05) is 27.7 Å². The number of hydrogen-bond donors (Lipinski definition) is 1. The zero-order chi connectivity index (χ0) is 20.6. The molecule has 1 saturated carbocycles. The van der Waals surface area contributed by atoms with Gasteiger partial charge in [0.2, 0.25) is 5.91 Å². The van der Waals surface area contributed by atoms with Crippen LogP contribution in [0.1, 0.15) is 43.0 Å². The highest BCUT2D eigenvalue weighted by atomic mass is 16.5. The first-order chi connectivity index (χ1) is 14.1. The number of pyridine rings is 1. The Labute approximate surface area is 174 Å². The minimum Gasteiger partial charge on any atom is -0.496 e. The molecule has 5 nitrogen and oxygen atoms in total. The molecule has 2 aromatic rings. The van der Waals surface area contributed by atoms with Crippen LogP contribution < -0.4 is 10.1 Å². The highest BCUT2D eigenvalue weighted by Gasteiger charge is 2.30. The summed E-state index contributed by atoms with van der Waals surface area (Å²) < 4.78 is 5.34. The third-order valence-electron chi connectivity index (χ3n) is 6.02. The van der Waals surface area contributed by atoms with Crippen LogP contribution in [0.3, 0.4) is 0 Å². The number of hydrogen-bond acceptors (Lipinski definition) is 4. The Balaban J connectivity index is 1.47. The Morgan fingerprint density at radius 1 is 1.14 bits per heavy atom. The van der Waals surface area contributed by atoms with Crippen LogP contribution in [0.2, 0.25) is 0 Å². The zero-order valence-corrected chi connectivity index (χ0v) is 17.8. The van der Waals surface area contributed by atoms with Crippen LogP contribution >= 0.6 is 0 Å². The Bertz CT molecular complexity index is 771. The van der Waals surface area contributed by atoms with E-state index in [2.05, 4.69) is 41.4 Å². The number of nitrogens with one attached hydrogen (secondary N) is 1. The van der Waals surface area contributed by atoms with Crippen molar-refractivity contribution in [3.8, 4) is 5.75 Å². The van der Waals surface area contributed by atoms with E-state index in [0.717, 1.165) is 36.4 Å². The largest absolute Gasteiger partial charge is 0.496 e. The van der Waals surface area contributed by atoms with Crippen molar-refractivity contribution in [1.29, 1.82) is 0 Å². The summed E-state index contributed by atoms with van der Waals surface area (Å²) in [5, 5.41) is 3.13. The molecule has 1 unspecified atom stereocenters. The number of carbonyl (C=O) groups is 1. The highest BCUT2D eigenvalue weighted by Crippen LogP contribution is 2.38. The average molecular weight is 396 g/mol. The van der Waals surface area contributed by atoms with Crippen molar-refractivity contribution < 1.29 is 9.53 Å². The van der Waals surface area contributed by atoms with Gasteiger partial charge in [-0.1, -0.05) is 24.3 Å². The fourth-order valence-electron chi connectivity index (χ4n) is 4.53. The van der Waals surface area contributed by atoms with Gasteiger partial charge in [-0.2, -0.15) is 0 Å². The summed E-state index contributed by atoms with van der Waals surface area (Å²) in [6.45, 7) is 0.761. The Hall–Kier alpha value is -2.40. The molecule has 1 fully saturated rings. The normalized spacial score (nSPS) is 20.3. The zero-order valence-electron chi connectivity index (χ0n) is 17.8. The molecule has 0 bridgehead atoms. The highest BCUT2D eigenvalue weighted by molar-refractivity contribution is 5.79. The van der Waals surface area contributed by atoms with Crippen molar-refractivity contribution in [1.82, 2.24) is 15.2 Å². The van der Waals surface area contributed by atoms with Crippen LogP contribution in [0, 0.1) is 11.8 Å². The van der Waals surface area contributed by atoms with Crippen LogP contribution in [-0.2, 0) is 11.2 Å². The van der Waals surface area contributed by atoms with Crippen molar-refractivity contribution in [2.45, 2.75) is 38.1 Å². The number of nitrogens with zero attached hydrogens (tertiary/aromatic N) is 2. The van der Waals surface area contributed by atoms with E-state index < -0.39 is 0 Å². The Morgan fingerprint density at radius 3 is 2.52 bits per heavy atom. The maximum Gasteiger partial charge on any atom is 0.224 e.